The van der Waals surface area contributed by atoms with E-state index in [1.54, 1.807) is 6.92 Å². The van der Waals surface area contributed by atoms with Crippen LogP contribution in [0.15, 0.2) is 12.1 Å². The number of methoxy groups -OCH3 is 1. The second-order valence-electron chi connectivity index (χ2n) is 3.54. The molecule has 2 N–H and O–H groups in total. The minimum Gasteiger partial charge on any atom is -0.507 e. The van der Waals surface area contributed by atoms with Crippen LogP contribution < -0.4 is 4.74 Å². The molecule has 0 heterocycles. The molecule has 0 spiro atoms. The third-order valence-corrected chi connectivity index (χ3v) is 2.29. The van der Waals surface area contributed by atoms with Gasteiger partial charge >= 0.3 is 5.97 Å². The molecule has 4 nitrogen and oxygen atoms in total. The van der Waals surface area contributed by atoms with Crippen LogP contribution in [0.2, 0.25) is 0 Å². The van der Waals surface area contributed by atoms with Crippen molar-refractivity contribution in [2.24, 2.45) is 0 Å². The lowest BCUT2D eigenvalue weighted by Crippen LogP contribution is -2.05. The molecular weight excluding hydrogens is 215 g/mol. The lowest BCUT2D eigenvalue weighted by atomic mass is 9.96. The van der Waals surface area contributed by atoms with Crippen LogP contribution >= 0.6 is 0 Å². The van der Waals surface area contributed by atoms with Crippen molar-refractivity contribution >= 4 is 5.97 Å². The minimum absolute atomic E-state index is 0.00296. The van der Waals surface area contributed by atoms with E-state index in [-0.39, 0.29) is 23.5 Å². The highest BCUT2D eigenvalue weighted by atomic mass is 19.1. The van der Waals surface area contributed by atoms with Crippen LogP contribution in [0, 0.1) is 5.82 Å². The highest BCUT2D eigenvalue weighted by Gasteiger charge is 2.19. The summed E-state index contributed by atoms with van der Waals surface area (Å²) in [6.07, 6.45) is -0.239. The number of hydrogen-bond donors (Lipinski definition) is 2. The molecule has 0 aliphatic carbocycles. The van der Waals surface area contributed by atoms with Gasteiger partial charge in [-0.2, -0.15) is 0 Å². The van der Waals surface area contributed by atoms with Gasteiger partial charge in [0.2, 0.25) is 0 Å². The van der Waals surface area contributed by atoms with E-state index in [0.29, 0.717) is 0 Å². The second kappa shape index (κ2) is 4.83. The monoisotopic (exact) mass is 228 g/mol. The average Bonchev–Trinajstić information content (AvgIpc) is 2.15. The molecule has 1 aromatic rings. The first kappa shape index (κ1) is 12.3. The molecule has 0 saturated heterocycles. The van der Waals surface area contributed by atoms with Crippen molar-refractivity contribution in [1.82, 2.24) is 0 Å². The zero-order valence-electron chi connectivity index (χ0n) is 9.03. The van der Waals surface area contributed by atoms with Crippen LogP contribution in [-0.4, -0.2) is 23.3 Å². The molecule has 0 aromatic heterocycles. The third-order valence-electron chi connectivity index (χ3n) is 2.29. The molecule has 0 radical (unpaired) electrons. The quantitative estimate of drug-likeness (QED) is 0.828. The molecule has 0 aliphatic heterocycles. The van der Waals surface area contributed by atoms with Crippen molar-refractivity contribution in [3.05, 3.63) is 23.5 Å². The van der Waals surface area contributed by atoms with Crippen molar-refractivity contribution < 1.29 is 24.1 Å². The number of ether oxygens (including phenoxy) is 1. The number of phenols is 1. The Kier molecular flexibility index (Phi) is 3.71. The first-order valence-corrected chi connectivity index (χ1v) is 4.74. The minimum atomic E-state index is -1.04. The van der Waals surface area contributed by atoms with Crippen molar-refractivity contribution in [3.63, 3.8) is 0 Å². The van der Waals surface area contributed by atoms with Gasteiger partial charge in [0.15, 0.2) is 0 Å². The van der Waals surface area contributed by atoms with E-state index in [1.165, 1.54) is 13.2 Å². The third kappa shape index (κ3) is 2.62. The fourth-order valence-electron chi connectivity index (χ4n) is 1.55. The Morgan fingerprint density at radius 1 is 1.56 bits per heavy atom. The molecule has 1 aromatic carbocycles. The molecule has 0 aliphatic rings. The van der Waals surface area contributed by atoms with Gasteiger partial charge in [-0.25, -0.2) is 4.39 Å². The Balaban J connectivity index is 3.08. The van der Waals surface area contributed by atoms with Crippen LogP contribution in [0.5, 0.6) is 11.5 Å². The first-order chi connectivity index (χ1) is 7.45. The van der Waals surface area contributed by atoms with Gasteiger partial charge in [-0.05, 0) is 5.92 Å². The summed E-state index contributed by atoms with van der Waals surface area (Å²) in [5.74, 6) is -2.39. The van der Waals surface area contributed by atoms with E-state index in [1.807, 2.05) is 0 Å². The predicted octanol–water partition coefficient (Wildman–Crippen LogP) is 2.12. The maximum atomic E-state index is 13.6. The van der Waals surface area contributed by atoms with Crippen LogP contribution in [0.1, 0.15) is 24.8 Å². The predicted molar refractivity (Wildman–Crippen MR) is 55.3 cm³/mol. The summed E-state index contributed by atoms with van der Waals surface area (Å²) in [5, 5.41) is 18.2. The van der Waals surface area contributed by atoms with Gasteiger partial charge in [0, 0.05) is 17.7 Å². The van der Waals surface area contributed by atoms with E-state index >= 15 is 0 Å². The number of benzene rings is 1. The average molecular weight is 228 g/mol. The van der Waals surface area contributed by atoms with E-state index in [0.717, 1.165) is 6.07 Å². The van der Waals surface area contributed by atoms with Gasteiger partial charge in [0.25, 0.3) is 0 Å². The number of hydrogen-bond acceptors (Lipinski definition) is 3. The van der Waals surface area contributed by atoms with E-state index in [9.17, 15) is 14.3 Å². The summed E-state index contributed by atoms with van der Waals surface area (Å²) in [4.78, 5) is 10.5. The van der Waals surface area contributed by atoms with E-state index in [2.05, 4.69) is 0 Å². The van der Waals surface area contributed by atoms with Crippen LogP contribution in [0.25, 0.3) is 0 Å². The number of carbonyl (C=O) groups is 1. The number of carboxylic acids is 1. The normalized spacial score (nSPS) is 12.2. The number of aromatic hydroxyl groups is 1. The molecule has 0 bridgehead atoms. The van der Waals surface area contributed by atoms with Crippen LogP contribution in [0.3, 0.4) is 0 Å². The SMILES string of the molecule is COc1cc(O)c(C(C)CC(=O)O)c(F)c1. The fraction of sp³-hybridized carbons (Fsp3) is 0.364. The Morgan fingerprint density at radius 3 is 2.62 bits per heavy atom. The summed E-state index contributed by atoms with van der Waals surface area (Å²) in [7, 11) is 1.36. The van der Waals surface area contributed by atoms with Crippen molar-refractivity contribution in [2.45, 2.75) is 19.3 Å². The molecule has 88 valence electrons. The number of halogens is 1. The van der Waals surface area contributed by atoms with Gasteiger partial charge in [0.05, 0.1) is 13.5 Å². The zero-order valence-corrected chi connectivity index (χ0v) is 9.03. The molecule has 5 heteroatoms. The number of rotatable bonds is 4. The lowest BCUT2D eigenvalue weighted by molar-refractivity contribution is -0.137. The molecule has 0 saturated carbocycles. The Morgan fingerprint density at radius 2 is 2.19 bits per heavy atom. The van der Waals surface area contributed by atoms with E-state index in [4.69, 9.17) is 9.84 Å². The highest BCUT2D eigenvalue weighted by Crippen LogP contribution is 2.33. The maximum Gasteiger partial charge on any atom is 0.303 e. The molecule has 0 fully saturated rings. The van der Waals surface area contributed by atoms with Gasteiger partial charge < -0.3 is 14.9 Å². The molecular formula is C11H13FO4. The molecule has 1 atom stereocenters. The number of phenolic OH excluding ortho intramolecular Hbond substituents is 1. The Labute approximate surface area is 92.3 Å². The maximum absolute atomic E-state index is 13.6. The Hall–Kier alpha value is -1.78. The van der Waals surface area contributed by atoms with Crippen molar-refractivity contribution in [2.75, 3.05) is 7.11 Å². The summed E-state index contributed by atoms with van der Waals surface area (Å²) in [6, 6.07) is 2.38. The summed E-state index contributed by atoms with van der Waals surface area (Å²) < 4.78 is 18.3. The summed E-state index contributed by atoms with van der Waals surface area (Å²) in [5.41, 5.74) is 0.00296. The van der Waals surface area contributed by atoms with Crippen molar-refractivity contribution in [3.8, 4) is 11.5 Å². The van der Waals surface area contributed by atoms with Gasteiger partial charge in [0.1, 0.15) is 17.3 Å². The summed E-state index contributed by atoms with van der Waals surface area (Å²) >= 11 is 0. The molecule has 1 rings (SSSR count). The number of aliphatic carboxylic acids is 1. The largest absolute Gasteiger partial charge is 0.507 e. The zero-order chi connectivity index (χ0) is 12.3. The van der Waals surface area contributed by atoms with E-state index < -0.39 is 17.7 Å². The van der Waals surface area contributed by atoms with Crippen molar-refractivity contribution in [1.29, 1.82) is 0 Å². The Bertz CT molecular complexity index is 380. The van der Waals surface area contributed by atoms with Crippen LogP contribution in [-0.2, 0) is 4.79 Å². The van der Waals surface area contributed by atoms with Crippen LogP contribution in [0.4, 0.5) is 4.39 Å². The lowest BCUT2D eigenvalue weighted by Gasteiger charge is -2.13. The van der Waals surface area contributed by atoms with Gasteiger partial charge in [-0.15, -0.1) is 0 Å². The first-order valence-electron chi connectivity index (χ1n) is 4.74. The topological polar surface area (TPSA) is 66.8 Å². The van der Waals surface area contributed by atoms with Gasteiger partial charge in [-0.1, -0.05) is 6.92 Å². The highest BCUT2D eigenvalue weighted by molar-refractivity contribution is 5.68. The smallest absolute Gasteiger partial charge is 0.303 e. The molecule has 0 amide bonds. The number of carboxylic acid groups (broad SMARTS) is 1. The molecule has 1 unspecified atom stereocenters. The summed E-state index contributed by atoms with van der Waals surface area (Å²) in [6.45, 7) is 1.54. The second-order valence-corrected chi connectivity index (χ2v) is 3.54. The van der Waals surface area contributed by atoms with Gasteiger partial charge in [-0.3, -0.25) is 4.79 Å². The fourth-order valence-corrected chi connectivity index (χ4v) is 1.55. The standard InChI is InChI=1S/C11H13FO4/c1-6(3-10(14)15)11-8(12)4-7(16-2)5-9(11)13/h4-6,13H,3H2,1-2H3,(H,14,15). The molecule has 16 heavy (non-hydrogen) atoms.